The van der Waals surface area contributed by atoms with Gasteiger partial charge in [-0.25, -0.2) is 4.39 Å². The fourth-order valence-electron chi connectivity index (χ4n) is 1.39. The number of halogens is 1. The second kappa shape index (κ2) is 2.66. The zero-order valence-corrected chi connectivity index (χ0v) is 6.86. The summed E-state index contributed by atoms with van der Waals surface area (Å²) in [4.78, 5) is 0. The van der Waals surface area contributed by atoms with Crippen LogP contribution in [0.25, 0.3) is 0 Å². The van der Waals surface area contributed by atoms with Crippen LogP contribution in [0, 0.1) is 12.7 Å². The lowest BCUT2D eigenvalue weighted by Crippen LogP contribution is -2.18. The summed E-state index contributed by atoms with van der Waals surface area (Å²) in [6, 6.07) is 2.94. The number of benzene rings is 1. The van der Waals surface area contributed by atoms with E-state index >= 15 is 0 Å². The topological polar surface area (TPSA) is 21.3 Å². The van der Waals surface area contributed by atoms with Gasteiger partial charge in [0.1, 0.15) is 18.2 Å². The summed E-state index contributed by atoms with van der Waals surface area (Å²) in [6.07, 6.45) is 0. The number of aryl methyl sites for hydroxylation is 1. The lowest BCUT2D eigenvalue weighted by atomic mass is 10.1. The van der Waals surface area contributed by atoms with Gasteiger partial charge in [-0.15, -0.1) is 0 Å². The molecule has 0 unspecified atom stereocenters. The largest absolute Gasteiger partial charge is 0.489 e. The highest BCUT2D eigenvalue weighted by Gasteiger charge is 2.12. The Hall–Kier alpha value is -1.25. The van der Waals surface area contributed by atoms with Crippen molar-refractivity contribution in [2.45, 2.75) is 6.92 Å². The van der Waals surface area contributed by atoms with Crippen LogP contribution in [0.1, 0.15) is 5.56 Å². The fourth-order valence-corrected chi connectivity index (χ4v) is 1.39. The number of fused-ring (bicyclic) bond motifs is 1. The molecule has 12 heavy (non-hydrogen) atoms. The lowest BCUT2D eigenvalue weighted by Gasteiger charge is -2.20. The second-order valence-corrected chi connectivity index (χ2v) is 2.87. The molecule has 0 bridgehead atoms. The van der Waals surface area contributed by atoms with Crippen LogP contribution in [-0.4, -0.2) is 13.2 Å². The Kier molecular flexibility index (Phi) is 1.64. The summed E-state index contributed by atoms with van der Waals surface area (Å²) in [5.41, 5.74) is 1.61. The quantitative estimate of drug-likeness (QED) is 0.637. The van der Waals surface area contributed by atoms with E-state index in [0.29, 0.717) is 6.61 Å². The molecular weight excluding hydrogens is 157 g/mol. The third-order valence-corrected chi connectivity index (χ3v) is 1.90. The molecule has 0 aromatic heterocycles. The molecule has 1 aliphatic heterocycles. The van der Waals surface area contributed by atoms with Gasteiger partial charge in [0.2, 0.25) is 0 Å². The van der Waals surface area contributed by atoms with Gasteiger partial charge < -0.3 is 10.1 Å². The van der Waals surface area contributed by atoms with Crippen molar-refractivity contribution in [2.24, 2.45) is 0 Å². The minimum absolute atomic E-state index is 0.218. The molecule has 0 fully saturated rings. The molecule has 0 spiro atoms. The molecule has 1 aliphatic rings. The summed E-state index contributed by atoms with van der Waals surface area (Å²) in [5, 5.41) is 3.08. The van der Waals surface area contributed by atoms with E-state index in [1.54, 1.807) is 0 Å². The van der Waals surface area contributed by atoms with Crippen molar-refractivity contribution < 1.29 is 9.13 Å². The summed E-state index contributed by atoms with van der Waals surface area (Å²) < 4.78 is 18.2. The molecule has 2 nitrogen and oxygen atoms in total. The smallest absolute Gasteiger partial charge is 0.145 e. The zero-order valence-electron chi connectivity index (χ0n) is 6.86. The number of rotatable bonds is 0. The fraction of sp³-hybridized carbons (Fsp3) is 0.333. The van der Waals surface area contributed by atoms with Gasteiger partial charge in [-0.2, -0.15) is 0 Å². The van der Waals surface area contributed by atoms with Gasteiger partial charge in [0.05, 0.1) is 5.69 Å². The average Bonchev–Trinajstić information content (AvgIpc) is 2.04. The highest BCUT2D eigenvalue weighted by Crippen LogP contribution is 2.31. The van der Waals surface area contributed by atoms with Crippen LogP contribution < -0.4 is 10.1 Å². The number of nitrogens with one attached hydrogen (secondary N) is 1. The molecule has 0 aliphatic carbocycles. The minimum atomic E-state index is -0.218. The molecule has 1 N–H and O–H groups in total. The van der Waals surface area contributed by atoms with Crippen molar-refractivity contribution in [3.05, 3.63) is 23.5 Å². The average molecular weight is 167 g/mol. The molecule has 1 heterocycles. The number of anilines is 1. The first kappa shape index (κ1) is 7.40. The van der Waals surface area contributed by atoms with E-state index in [2.05, 4.69) is 5.32 Å². The van der Waals surface area contributed by atoms with Gasteiger partial charge in [0, 0.05) is 12.6 Å². The Morgan fingerprint density at radius 1 is 1.50 bits per heavy atom. The second-order valence-electron chi connectivity index (χ2n) is 2.87. The van der Waals surface area contributed by atoms with Crippen molar-refractivity contribution in [1.82, 2.24) is 0 Å². The van der Waals surface area contributed by atoms with Gasteiger partial charge >= 0.3 is 0 Å². The van der Waals surface area contributed by atoms with Gasteiger partial charge in [0.25, 0.3) is 0 Å². The van der Waals surface area contributed by atoms with Crippen molar-refractivity contribution in [3.8, 4) is 5.75 Å². The molecule has 64 valence electrons. The van der Waals surface area contributed by atoms with Gasteiger partial charge in [-0.3, -0.25) is 0 Å². The van der Waals surface area contributed by atoms with E-state index in [1.165, 1.54) is 12.1 Å². The van der Waals surface area contributed by atoms with Crippen LogP contribution in [0.2, 0.25) is 0 Å². The van der Waals surface area contributed by atoms with Crippen LogP contribution in [0.3, 0.4) is 0 Å². The Balaban J connectivity index is 2.53. The van der Waals surface area contributed by atoms with E-state index in [4.69, 9.17) is 4.74 Å². The molecule has 0 radical (unpaired) electrons. The molecule has 3 heteroatoms. The van der Waals surface area contributed by atoms with E-state index in [0.717, 1.165) is 23.5 Å². The number of ether oxygens (including phenoxy) is 1. The zero-order chi connectivity index (χ0) is 8.55. The molecule has 0 saturated carbocycles. The van der Waals surface area contributed by atoms with Crippen LogP contribution in [-0.2, 0) is 0 Å². The summed E-state index contributed by atoms with van der Waals surface area (Å²) in [7, 11) is 0. The van der Waals surface area contributed by atoms with Crippen LogP contribution >= 0.6 is 0 Å². The van der Waals surface area contributed by atoms with Crippen LogP contribution in [0.5, 0.6) is 5.75 Å². The van der Waals surface area contributed by atoms with Crippen molar-refractivity contribution in [3.63, 3.8) is 0 Å². The molecule has 0 amide bonds. The maximum Gasteiger partial charge on any atom is 0.145 e. The van der Waals surface area contributed by atoms with Crippen LogP contribution in [0.15, 0.2) is 12.1 Å². The van der Waals surface area contributed by atoms with Crippen molar-refractivity contribution in [2.75, 3.05) is 18.5 Å². The third kappa shape index (κ3) is 1.11. The van der Waals surface area contributed by atoms with Crippen molar-refractivity contribution >= 4 is 5.69 Å². The lowest BCUT2D eigenvalue weighted by molar-refractivity contribution is 0.320. The molecule has 2 rings (SSSR count). The Morgan fingerprint density at radius 2 is 2.33 bits per heavy atom. The van der Waals surface area contributed by atoms with Gasteiger partial charge in [0.15, 0.2) is 0 Å². The van der Waals surface area contributed by atoms with Crippen LogP contribution in [0.4, 0.5) is 10.1 Å². The minimum Gasteiger partial charge on any atom is -0.489 e. The maximum absolute atomic E-state index is 12.9. The van der Waals surface area contributed by atoms with E-state index < -0.39 is 0 Å². The summed E-state index contributed by atoms with van der Waals surface area (Å²) in [5.74, 6) is 0.562. The predicted octanol–water partition coefficient (Wildman–Crippen LogP) is 1.94. The highest BCUT2D eigenvalue weighted by molar-refractivity contribution is 5.61. The first-order valence-corrected chi connectivity index (χ1v) is 3.94. The SMILES string of the molecule is Cc1cc(F)cc2c1OCCN2. The first-order valence-electron chi connectivity index (χ1n) is 3.94. The molecular formula is C9H10FNO. The maximum atomic E-state index is 12.9. The van der Waals surface area contributed by atoms with E-state index in [9.17, 15) is 4.39 Å². The Labute approximate surface area is 70.3 Å². The highest BCUT2D eigenvalue weighted by atomic mass is 19.1. The Bertz CT molecular complexity index is 312. The normalized spacial score (nSPS) is 14.5. The number of hydrogen-bond acceptors (Lipinski definition) is 2. The molecule has 0 saturated heterocycles. The van der Waals surface area contributed by atoms with Crippen molar-refractivity contribution in [1.29, 1.82) is 0 Å². The predicted molar refractivity (Wildman–Crippen MR) is 45.1 cm³/mol. The molecule has 1 aromatic rings. The summed E-state index contributed by atoms with van der Waals surface area (Å²) in [6.45, 7) is 3.24. The number of hydrogen-bond donors (Lipinski definition) is 1. The van der Waals surface area contributed by atoms with Gasteiger partial charge in [-0.05, 0) is 18.6 Å². The molecule has 0 atom stereocenters. The Morgan fingerprint density at radius 3 is 3.17 bits per heavy atom. The molecule has 1 aromatic carbocycles. The van der Waals surface area contributed by atoms with E-state index in [1.807, 2.05) is 6.92 Å². The van der Waals surface area contributed by atoms with E-state index in [-0.39, 0.29) is 5.82 Å². The third-order valence-electron chi connectivity index (χ3n) is 1.90. The van der Waals surface area contributed by atoms with Gasteiger partial charge in [-0.1, -0.05) is 0 Å². The monoisotopic (exact) mass is 167 g/mol. The summed E-state index contributed by atoms with van der Waals surface area (Å²) >= 11 is 0. The first-order chi connectivity index (χ1) is 5.77. The standard InChI is InChI=1S/C9H10FNO/c1-6-4-7(10)5-8-9(6)12-3-2-11-8/h4-5,11H,2-3H2,1H3.